The first kappa shape index (κ1) is 15.1. The van der Waals surface area contributed by atoms with Gasteiger partial charge in [0.15, 0.2) is 11.5 Å². The van der Waals surface area contributed by atoms with E-state index in [0.717, 1.165) is 12.0 Å². The Morgan fingerprint density at radius 2 is 2.06 bits per heavy atom. The molecule has 92 valence electrons. The number of methoxy groups -OCH3 is 1. The number of hydrogen-bond donors (Lipinski definition) is 2. The first-order valence-electron chi connectivity index (χ1n) is 5.23. The maximum absolute atomic E-state index is 9.90. The van der Waals surface area contributed by atoms with E-state index < -0.39 is 0 Å². The van der Waals surface area contributed by atoms with Gasteiger partial charge in [0, 0.05) is 11.6 Å². The summed E-state index contributed by atoms with van der Waals surface area (Å²) in [4.78, 5) is 0. The molecule has 0 aliphatic carbocycles. The smallest absolute Gasteiger partial charge is 0.162 e. The van der Waals surface area contributed by atoms with Gasteiger partial charge in [0.2, 0.25) is 0 Å². The van der Waals surface area contributed by atoms with Gasteiger partial charge in [0.25, 0.3) is 0 Å². The molecule has 0 aromatic heterocycles. The zero-order chi connectivity index (χ0) is 11.4. The number of phenolic OH excluding ortho intramolecular Hbond substituents is 1. The van der Waals surface area contributed by atoms with Crippen molar-refractivity contribution in [2.24, 2.45) is 11.7 Å². The fourth-order valence-electron chi connectivity index (χ4n) is 1.53. The summed E-state index contributed by atoms with van der Waals surface area (Å²) in [6.45, 7) is 4.16. The van der Waals surface area contributed by atoms with Crippen molar-refractivity contribution in [3.63, 3.8) is 0 Å². The third-order valence-corrected chi connectivity index (χ3v) is 2.87. The molecule has 0 aliphatic heterocycles. The summed E-state index contributed by atoms with van der Waals surface area (Å²) in [7, 11) is 1.54. The van der Waals surface area contributed by atoms with Gasteiger partial charge in [-0.1, -0.05) is 32.4 Å². The first-order valence-corrected chi connectivity index (χ1v) is 5.23. The summed E-state index contributed by atoms with van der Waals surface area (Å²) in [5, 5.41) is 9.90. The Morgan fingerprint density at radius 1 is 1.44 bits per heavy atom. The van der Waals surface area contributed by atoms with Crippen LogP contribution < -0.4 is 10.5 Å². The highest BCUT2D eigenvalue weighted by molar-refractivity contribution is 5.85. The lowest BCUT2D eigenvalue weighted by molar-refractivity contribution is 0.361. The zero-order valence-electron chi connectivity index (χ0n) is 9.93. The molecule has 3 nitrogen and oxygen atoms in total. The quantitative estimate of drug-likeness (QED) is 0.858. The standard InChI is InChI=1S/C12H19NO2.ClH/c1-4-8(2)11(13)9-6-5-7-10(15-3)12(9)14;/h5-8,11,14H,4,13H2,1-3H3;1H/t8?,11-;/m0./s1. The number of ether oxygens (including phenoxy) is 1. The molecular formula is C12H20ClNO2. The molecular weight excluding hydrogens is 226 g/mol. The van der Waals surface area contributed by atoms with Crippen LogP contribution in [0.15, 0.2) is 18.2 Å². The van der Waals surface area contributed by atoms with Crippen LogP contribution in [0.4, 0.5) is 0 Å². The zero-order valence-corrected chi connectivity index (χ0v) is 10.8. The molecule has 0 bridgehead atoms. The number of halogens is 1. The van der Waals surface area contributed by atoms with Crippen LogP contribution in [0.1, 0.15) is 31.9 Å². The lowest BCUT2D eigenvalue weighted by Gasteiger charge is -2.20. The number of aromatic hydroxyl groups is 1. The van der Waals surface area contributed by atoms with Crippen LogP contribution in [0.25, 0.3) is 0 Å². The fraction of sp³-hybridized carbons (Fsp3) is 0.500. The van der Waals surface area contributed by atoms with Gasteiger partial charge >= 0.3 is 0 Å². The molecule has 0 spiro atoms. The highest BCUT2D eigenvalue weighted by Crippen LogP contribution is 2.35. The average molecular weight is 246 g/mol. The average Bonchev–Trinajstić information content (AvgIpc) is 2.27. The molecule has 16 heavy (non-hydrogen) atoms. The number of para-hydroxylation sites is 1. The second-order valence-electron chi connectivity index (χ2n) is 3.81. The van der Waals surface area contributed by atoms with Crippen molar-refractivity contribution < 1.29 is 9.84 Å². The Balaban J connectivity index is 0.00000225. The SMILES string of the molecule is CCC(C)[C@H](N)c1cccc(OC)c1O.Cl. The molecule has 3 N–H and O–H groups in total. The minimum atomic E-state index is -0.148. The van der Waals surface area contributed by atoms with Crippen molar-refractivity contribution in [1.82, 2.24) is 0 Å². The summed E-state index contributed by atoms with van der Waals surface area (Å²) in [6, 6.07) is 5.26. The largest absolute Gasteiger partial charge is 0.504 e. The minimum Gasteiger partial charge on any atom is -0.504 e. The van der Waals surface area contributed by atoms with Crippen LogP contribution >= 0.6 is 12.4 Å². The molecule has 4 heteroatoms. The highest BCUT2D eigenvalue weighted by atomic mass is 35.5. The number of benzene rings is 1. The molecule has 1 unspecified atom stereocenters. The van der Waals surface area contributed by atoms with Crippen molar-refractivity contribution in [3.05, 3.63) is 23.8 Å². The fourth-order valence-corrected chi connectivity index (χ4v) is 1.53. The normalized spacial score (nSPS) is 13.8. The van der Waals surface area contributed by atoms with Gasteiger partial charge in [-0.25, -0.2) is 0 Å². The molecule has 1 rings (SSSR count). The molecule has 1 aromatic rings. The summed E-state index contributed by atoms with van der Waals surface area (Å²) in [6.07, 6.45) is 0.984. The summed E-state index contributed by atoms with van der Waals surface area (Å²) in [5.41, 5.74) is 6.81. The Morgan fingerprint density at radius 3 is 2.56 bits per heavy atom. The van der Waals surface area contributed by atoms with E-state index in [1.54, 1.807) is 6.07 Å². The predicted molar refractivity (Wildman–Crippen MR) is 68.3 cm³/mol. The van der Waals surface area contributed by atoms with E-state index >= 15 is 0 Å². The van der Waals surface area contributed by atoms with E-state index in [-0.39, 0.29) is 24.2 Å². The lowest BCUT2D eigenvalue weighted by Crippen LogP contribution is -2.18. The third kappa shape index (κ3) is 3.03. The third-order valence-electron chi connectivity index (χ3n) is 2.87. The lowest BCUT2D eigenvalue weighted by atomic mass is 9.92. The maximum Gasteiger partial charge on any atom is 0.162 e. The number of phenols is 1. The van der Waals surface area contributed by atoms with Crippen LogP contribution in [-0.2, 0) is 0 Å². The van der Waals surface area contributed by atoms with Crippen LogP contribution in [0.3, 0.4) is 0 Å². The Labute approximate surface area is 103 Å². The monoisotopic (exact) mass is 245 g/mol. The van der Waals surface area contributed by atoms with Crippen molar-refractivity contribution in [1.29, 1.82) is 0 Å². The van der Waals surface area contributed by atoms with Gasteiger partial charge in [-0.3, -0.25) is 0 Å². The van der Waals surface area contributed by atoms with E-state index in [1.807, 2.05) is 12.1 Å². The van der Waals surface area contributed by atoms with E-state index in [4.69, 9.17) is 10.5 Å². The number of nitrogens with two attached hydrogens (primary N) is 1. The minimum absolute atomic E-state index is 0. The van der Waals surface area contributed by atoms with Crippen LogP contribution in [0.5, 0.6) is 11.5 Å². The van der Waals surface area contributed by atoms with Gasteiger partial charge < -0.3 is 15.6 Å². The van der Waals surface area contributed by atoms with Gasteiger partial charge in [-0.15, -0.1) is 12.4 Å². The van der Waals surface area contributed by atoms with E-state index in [0.29, 0.717) is 11.7 Å². The van der Waals surface area contributed by atoms with E-state index in [9.17, 15) is 5.11 Å². The Bertz CT molecular complexity index is 331. The van der Waals surface area contributed by atoms with Crippen molar-refractivity contribution in [3.8, 4) is 11.5 Å². The van der Waals surface area contributed by atoms with Gasteiger partial charge in [0.05, 0.1) is 7.11 Å². The predicted octanol–water partition coefficient (Wildman–Crippen LogP) is 2.87. The van der Waals surface area contributed by atoms with Crippen LogP contribution in [-0.4, -0.2) is 12.2 Å². The van der Waals surface area contributed by atoms with Crippen molar-refractivity contribution in [2.75, 3.05) is 7.11 Å². The molecule has 0 saturated carbocycles. The van der Waals surface area contributed by atoms with E-state index in [2.05, 4.69) is 13.8 Å². The second kappa shape index (κ2) is 6.61. The number of hydrogen-bond acceptors (Lipinski definition) is 3. The van der Waals surface area contributed by atoms with Gasteiger partial charge in [-0.2, -0.15) is 0 Å². The molecule has 0 radical (unpaired) electrons. The molecule has 0 fully saturated rings. The van der Waals surface area contributed by atoms with Gasteiger partial charge in [-0.05, 0) is 12.0 Å². The first-order chi connectivity index (χ1) is 7.11. The highest BCUT2D eigenvalue weighted by Gasteiger charge is 2.18. The van der Waals surface area contributed by atoms with Gasteiger partial charge in [0.1, 0.15) is 0 Å². The topological polar surface area (TPSA) is 55.5 Å². The molecule has 0 aliphatic rings. The summed E-state index contributed by atoms with van der Waals surface area (Å²) in [5.74, 6) is 0.974. The van der Waals surface area contributed by atoms with E-state index in [1.165, 1.54) is 7.11 Å². The molecule has 0 heterocycles. The second-order valence-corrected chi connectivity index (χ2v) is 3.81. The molecule has 0 saturated heterocycles. The van der Waals surface area contributed by atoms with Crippen LogP contribution in [0, 0.1) is 5.92 Å². The van der Waals surface area contributed by atoms with Crippen molar-refractivity contribution >= 4 is 12.4 Å². The molecule has 1 aromatic carbocycles. The Kier molecular flexibility index (Phi) is 6.22. The number of rotatable bonds is 4. The van der Waals surface area contributed by atoms with Crippen LogP contribution in [0.2, 0.25) is 0 Å². The Hall–Kier alpha value is -0.930. The molecule has 0 amide bonds. The van der Waals surface area contributed by atoms with Crippen molar-refractivity contribution in [2.45, 2.75) is 26.3 Å². The summed E-state index contributed by atoms with van der Waals surface area (Å²) >= 11 is 0. The summed E-state index contributed by atoms with van der Waals surface area (Å²) < 4.78 is 5.04. The maximum atomic E-state index is 9.90. The molecule has 2 atom stereocenters.